The van der Waals surface area contributed by atoms with Gasteiger partial charge < -0.3 is 14.6 Å². The smallest absolute Gasteiger partial charge is 0.293 e. The monoisotopic (exact) mass is 178 g/mol. The van der Waals surface area contributed by atoms with Crippen molar-refractivity contribution in [1.29, 1.82) is 0 Å². The summed E-state index contributed by atoms with van der Waals surface area (Å²) in [5, 5.41) is 8.98. The van der Waals surface area contributed by atoms with E-state index in [1.54, 1.807) is 0 Å². The molecule has 0 aromatic heterocycles. The molecule has 0 amide bonds. The minimum atomic E-state index is -3.39. The Kier molecular flexibility index (Phi) is 2.70. The number of ether oxygens (including phenoxy) is 2. The molecule has 3 atom stereocenters. The zero-order valence-electron chi connectivity index (χ0n) is 6.54. The third kappa shape index (κ3) is 1.46. The van der Waals surface area contributed by atoms with E-state index in [9.17, 15) is 8.78 Å². The first-order chi connectivity index (χ1) is 5.50. The quantitative estimate of drug-likeness (QED) is 0.580. The molecule has 1 saturated heterocycles. The Labute approximate surface area is 70.1 Å². The van der Waals surface area contributed by atoms with Crippen LogP contribution in [0.3, 0.4) is 0 Å². The number of halogens is 2. The van der Waals surface area contributed by atoms with Gasteiger partial charge in [0.05, 0.1) is 12.6 Å². The molecule has 0 spiro atoms. The largest absolute Gasteiger partial charge is 0.384 e. The molecule has 1 N–H and O–H groups in total. The van der Waals surface area contributed by atoms with Crippen molar-refractivity contribution in [2.45, 2.75) is 24.1 Å². The molecule has 1 rings (SSSR count). The molecule has 0 unspecified atom stereocenters. The minimum absolute atomic E-state index is 0.0928. The van der Waals surface area contributed by atoms with Gasteiger partial charge in [-0.15, -0.1) is 0 Å². The second-order valence-corrected chi connectivity index (χ2v) is 2.67. The predicted octanol–water partition coefficient (Wildman–Crippen LogP) is -0.478. The second kappa shape index (κ2) is 3.28. The van der Waals surface area contributed by atoms with Gasteiger partial charge in [-0.1, -0.05) is 0 Å². The summed E-state index contributed by atoms with van der Waals surface area (Å²) in [7, 11) is 6.27. The highest BCUT2D eigenvalue weighted by Crippen LogP contribution is 2.34. The minimum Gasteiger partial charge on any atom is -0.384 e. The number of rotatable bonds is 2. The van der Waals surface area contributed by atoms with Crippen molar-refractivity contribution in [2.75, 3.05) is 13.7 Å². The topological polar surface area (TPSA) is 38.7 Å². The van der Waals surface area contributed by atoms with Crippen LogP contribution in [0.1, 0.15) is 0 Å². The van der Waals surface area contributed by atoms with E-state index in [1.165, 1.54) is 7.11 Å². The molecule has 12 heavy (non-hydrogen) atoms. The molecule has 1 aliphatic rings. The Morgan fingerprint density at radius 1 is 1.67 bits per heavy atom. The predicted molar refractivity (Wildman–Crippen MR) is 37.2 cm³/mol. The fourth-order valence-electron chi connectivity index (χ4n) is 1.06. The molecule has 0 aromatic rings. The Balaban J connectivity index is 2.63. The molecule has 1 heterocycles. The van der Waals surface area contributed by atoms with Crippen molar-refractivity contribution in [1.82, 2.24) is 0 Å². The lowest BCUT2D eigenvalue weighted by atomic mass is 9.92. The van der Waals surface area contributed by atoms with Crippen molar-refractivity contribution in [3.05, 3.63) is 0 Å². The zero-order valence-corrected chi connectivity index (χ0v) is 6.54. The van der Waals surface area contributed by atoms with Crippen molar-refractivity contribution in [3.8, 4) is 0 Å². The fraction of sp³-hybridized carbons (Fsp3) is 1.00. The van der Waals surface area contributed by atoms with Crippen LogP contribution in [0.25, 0.3) is 0 Å². The van der Waals surface area contributed by atoms with E-state index in [0.29, 0.717) is 0 Å². The van der Waals surface area contributed by atoms with Gasteiger partial charge in [0.15, 0.2) is 0 Å². The molecule has 0 aromatic carbocycles. The summed E-state index contributed by atoms with van der Waals surface area (Å²) in [6.07, 6.45) is -2.92. The van der Waals surface area contributed by atoms with Crippen molar-refractivity contribution < 1.29 is 23.4 Å². The third-order valence-corrected chi connectivity index (χ3v) is 1.78. The molecule has 1 aliphatic heterocycles. The van der Waals surface area contributed by atoms with Gasteiger partial charge in [-0.3, -0.25) is 0 Å². The van der Waals surface area contributed by atoms with Crippen LogP contribution in [0.5, 0.6) is 0 Å². The van der Waals surface area contributed by atoms with Crippen molar-refractivity contribution in [2.24, 2.45) is 0 Å². The molecule has 6 heteroatoms. The summed E-state index contributed by atoms with van der Waals surface area (Å²) in [5.41, 5.74) is 0. The van der Waals surface area contributed by atoms with Gasteiger partial charge in [0.2, 0.25) is 0 Å². The Morgan fingerprint density at radius 3 is 2.58 bits per heavy atom. The molecular weight excluding hydrogens is 169 g/mol. The lowest BCUT2D eigenvalue weighted by Gasteiger charge is -2.16. The summed E-state index contributed by atoms with van der Waals surface area (Å²) >= 11 is 0. The van der Waals surface area contributed by atoms with Crippen LogP contribution in [0.2, 0.25) is 0 Å². The number of hydrogen-bond donors (Lipinski definition) is 1. The van der Waals surface area contributed by atoms with E-state index < -0.39 is 24.1 Å². The van der Waals surface area contributed by atoms with Gasteiger partial charge in [-0.2, -0.15) is 0 Å². The van der Waals surface area contributed by atoms with E-state index >= 15 is 0 Å². The third-order valence-electron chi connectivity index (χ3n) is 1.78. The van der Waals surface area contributed by atoms with Crippen LogP contribution in [-0.4, -0.2) is 50.8 Å². The van der Waals surface area contributed by atoms with Crippen LogP contribution in [0, 0.1) is 0 Å². The van der Waals surface area contributed by atoms with Crippen LogP contribution >= 0.6 is 0 Å². The SMILES string of the molecule is [B][C@@H]1O[C@H](COC)[C@@H](O)C1(F)F. The number of methoxy groups -OCH3 is 1. The number of alkyl halides is 2. The Bertz CT molecular complexity index is 167. The normalized spacial score (nSPS) is 40.2. The first kappa shape index (κ1) is 9.89. The van der Waals surface area contributed by atoms with E-state index in [1.807, 2.05) is 0 Å². The lowest BCUT2D eigenvalue weighted by molar-refractivity contribution is -0.0924. The van der Waals surface area contributed by atoms with Crippen LogP contribution in [-0.2, 0) is 9.47 Å². The van der Waals surface area contributed by atoms with Gasteiger partial charge in [-0.25, -0.2) is 8.78 Å². The van der Waals surface area contributed by atoms with Gasteiger partial charge >= 0.3 is 0 Å². The maximum atomic E-state index is 12.7. The highest BCUT2D eigenvalue weighted by Gasteiger charge is 2.55. The Morgan fingerprint density at radius 2 is 2.25 bits per heavy atom. The lowest BCUT2D eigenvalue weighted by Crippen LogP contribution is -2.40. The highest BCUT2D eigenvalue weighted by molar-refractivity contribution is 6.12. The van der Waals surface area contributed by atoms with Crippen LogP contribution in [0.15, 0.2) is 0 Å². The maximum Gasteiger partial charge on any atom is 0.293 e. The molecule has 3 nitrogen and oxygen atoms in total. The van der Waals surface area contributed by atoms with Gasteiger partial charge in [0.1, 0.15) is 20.1 Å². The number of hydrogen-bond acceptors (Lipinski definition) is 3. The molecule has 0 saturated carbocycles. The summed E-state index contributed by atoms with van der Waals surface area (Å²) in [6, 6.07) is -1.74. The number of aliphatic hydroxyl groups is 1. The van der Waals surface area contributed by atoms with E-state index in [2.05, 4.69) is 9.47 Å². The second-order valence-electron chi connectivity index (χ2n) is 2.67. The maximum absolute atomic E-state index is 12.7. The van der Waals surface area contributed by atoms with E-state index in [-0.39, 0.29) is 6.61 Å². The zero-order chi connectivity index (χ0) is 9.35. The first-order valence-electron chi connectivity index (χ1n) is 3.46. The molecular formula is C6H9BF2O3. The fourth-order valence-corrected chi connectivity index (χ4v) is 1.06. The molecule has 68 valence electrons. The van der Waals surface area contributed by atoms with Crippen LogP contribution < -0.4 is 0 Å². The van der Waals surface area contributed by atoms with Gasteiger partial charge in [0, 0.05) is 7.11 Å². The molecule has 2 radical (unpaired) electrons. The van der Waals surface area contributed by atoms with E-state index in [0.717, 1.165) is 0 Å². The average Bonchev–Trinajstić information content (AvgIpc) is 2.17. The molecule has 0 bridgehead atoms. The molecule has 1 fully saturated rings. The molecule has 0 aliphatic carbocycles. The van der Waals surface area contributed by atoms with Gasteiger partial charge in [0.25, 0.3) is 5.92 Å². The first-order valence-corrected chi connectivity index (χ1v) is 3.46. The standard InChI is InChI=1S/C6H9BF2O3/c1-11-2-3-4(10)6(8,9)5(7)12-3/h3-5,10H,2H2,1H3/t3-,4-,5-/m1/s1. The van der Waals surface area contributed by atoms with Crippen molar-refractivity contribution in [3.63, 3.8) is 0 Å². The van der Waals surface area contributed by atoms with Gasteiger partial charge in [-0.05, 0) is 0 Å². The average molecular weight is 178 g/mol. The summed E-state index contributed by atoms with van der Waals surface area (Å²) < 4.78 is 34.6. The van der Waals surface area contributed by atoms with Crippen LogP contribution in [0.4, 0.5) is 8.78 Å². The summed E-state index contributed by atoms with van der Waals surface area (Å²) in [5.74, 6) is -3.39. The highest BCUT2D eigenvalue weighted by atomic mass is 19.3. The van der Waals surface area contributed by atoms with E-state index in [4.69, 9.17) is 13.0 Å². The summed E-state index contributed by atoms with van der Waals surface area (Å²) in [6.45, 7) is -0.0928. The van der Waals surface area contributed by atoms with Crippen molar-refractivity contribution >= 4 is 7.85 Å². The Hall–Kier alpha value is -0.195. The summed E-state index contributed by atoms with van der Waals surface area (Å²) in [4.78, 5) is 0. The number of aliphatic hydroxyl groups excluding tert-OH is 1.